The maximum absolute atomic E-state index is 15.9. The van der Waals surface area contributed by atoms with Gasteiger partial charge < -0.3 is 20.5 Å². The molecule has 10 heteroatoms. The van der Waals surface area contributed by atoms with Crippen molar-refractivity contribution in [3.05, 3.63) is 71.8 Å². The van der Waals surface area contributed by atoms with Crippen LogP contribution in [0.5, 0.6) is 0 Å². The summed E-state index contributed by atoms with van der Waals surface area (Å²) < 4.78 is 18.0. The average Bonchev–Trinajstić information content (AvgIpc) is 3.55. The molecule has 0 spiro atoms. The third-order valence-electron chi connectivity index (χ3n) is 6.67. The van der Waals surface area contributed by atoms with Gasteiger partial charge in [0.05, 0.1) is 18.3 Å². The van der Waals surface area contributed by atoms with Crippen molar-refractivity contribution in [1.29, 1.82) is 0 Å². The number of benzene rings is 1. The minimum absolute atomic E-state index is 0.0679. The number of nitrogens with one attached hydrogen (secondary N) is 1. The molecule has 0 saturated carbocycles. The summed E-state index contributed by atoms with van der Waals surface area (Å²) in [4.78, 5) is 20.3. The first-order valence-electron chi connectivity index (χ1n) is 13.4. The van der Waals surface area contributed by atoms with Gasteiger partial charge in [0.2, 0.25) is 5.91 Å². The Morgan fingerprint density at radius 3 is 2.55 bits per heavy atom. The van der Waals surface area contributed by atoms with Crippen molar-refractivity contribution in [2.45, 2.75) is 52.4 Å². The Hall–Kier alpha value is -3.94. The zero-order chi connectivity index (χ0) is 29.7. The van der Waals surface area contributed by atoms with Crippen LogP contribution < -0.4 is 16.9 Å². The van der Waals surface area contributed by atoms with Crippen molar-refractivity contribution in [3.8, 4) is 12.8 Å². The van der Waals surface area contributed by atoms with E-state index < -0.39 is 11.7 Å². The zero-order valence-corrected chi connectivity index (χ0v) is 24.0. The highest BCUT2D eigenvalue weighted by Gasteiger charge is 2.41. The number of carbonyl (C=O) groups excluding carboxylic acids is 1. The van der Waals surface area contributed by atoms with Crippen molar-refractivity contribution >= 4 is 17.8 Å². The van der Waals surface area contributed by atoms with Gasteiger partial charge in [-0.1, -0.05) is 62.4 Å². The molecule has 0 aliphatic carbocycles. The van der Waals surface area contributed by atoms with Crippen molar-refractivity contribution in [2.75, 3.05) is 26.2 Å². The van der Waals surface area contributed by atoms with E-state index in [1.165, 1.54) is 0 Å². The number of nitrogens with two attached hydrogens (primary N) is 2. The third-order valence-corrected chi connectivity index (χ3v) is 6.67. The van der Waals surface area contributed by atoms with Crippen LogP contribution >= 0.6 is 0 Å². The number of amides is 1. The number of hydrogen-bond acceptors (Lipinski definition) is 6. The lowest BCUT2D eigenvalue weighted by atomic mass is 9.97. The molecule has 9 nitrogen and oxygen atoms in total. The molecule has 216 valence electrons. The highest BCUT2D eigenvalue weighted by Crippen LogP contribution is 2.34. The Labute approximate surface area is 237 Å². The van der Waals surface area contributed by atoms with Gasteiger partial charge >= 0.3 is 0 Å². The van der Waals surface area contributed by atoms with Crippen LogP contribution in [0.4, 0.5) is 4.39 Å². The number of imidazole rings is 1. The Kier molecular flexibility index (Phi) is 12.6. The molecule has 1 aromatic heterocycles. The van der Waals surface area contributed by atoms with E-state index in [0.29, 0.717) is 25.3 Å². The van der Waals surface area contributed by atoms with E-state index in [1.807, 2.05) is 70.3 Å². The number of nitrogens with zero attached hydrogens (tertiary/aromatic N) is 5. The van der Waals surface area contributed by atoms with Crippen molar-refractivity contribution in [1.82, 2.24) is 24.9 Å². The van der Waals surface area contributed by atoms with Crippen LogP contribution in [-0.4, -0.2) is 63.7 Å². The molecule has 0 unspecified atom stereocenters. The Balaban J connectivity index is 0.00000274. The van der Waals surface area contributed by atoms with E-state index >= 15 is 4.39 Å². The number of allylic oxidation sites excluding steroid dienone is 4. The molecular weight excluding hydrogens is 507 g/mol. The van der Waals surface area contributed by atoms with Crippen molar-refractivity contribution < 1.29 is 9.18 Å². The van der Waals surface area contributed by atoms with Crippen LogP contribution in [0.2, 0.25) is 0 Å². The van der Waals surface area contributed by atoms with E-state index in [2.05, 4.69) is 40.0 Å². The van der Waals surface area contributed by atoms with Gasteiger partial charge in [-0.25, -0.2) is 20.3 Å². The van der Waals surface area contributed by atoms with Crippen molar-refractivity contribution in [2.24, 2.45) is 22.6 Å². The highest BCUT2D eigenvalue weighted by atomic mass is 19.1. The molecule has 5 N–H and O–H groups in total. The van der Waals surface area contributed by atoms with Gasteiger partial charge in [-0.2, -0.15) is 5.10 Å². The fourth-order valence-corrected chi connectivity index (χ4v) is 4.87. The van der Waals surface area contributed by atoms with Gasteiger partial charge in [0.25, 0.3) is 0 Å². The second kappa shape index (κ2) is 15.6. The molecule has 1 amide bonds. The standard InChI is InChI=1S/C28H41FN8O.C2H2/c1-5-10-23(6-2)24-16-35(15-22-11-8-7-9-12-22)27(34-24)26(21(3)4)36(19-28(29)13-14-32-18-28)25(38)17-37(31)33-20-30;1-2/h5-12,16,20-21,26,32H,13-15,17-19,31H2,1-4H3,(H2,30,33);1-2H/b10-5-,23-6+;/t26-,28+;/m1./s1. The topological polar surface area (TPSA) is 118 Å². The maximum Gasteiger partial charge on any atom is 0.246 e. The molecule has 2 heterocycles. The number of terminal acetylenes is 1. The van der Waals surface area contributed by atoms with E-state index in [-0.39, 0.29) is 31.5 Å². The number of hydrogen-bond donors (Lipinski definition) is 3. The second-order valence-corrected chi connectivity index (χ2v) is 9.99. The minimum atomic E-state index is -1.56. The summed E-state index contributed by atoms with van der Waals surface area (Å²) in [6.07, 6.45) is 17.3. The van der Waals surface area contributed by atoms with Gasteiger partial charge in [0.15, 0.2) is 0 Å². The van der Waals surface area contributed by atoms with E-state index in [9.17, 15) is 4.79 Å². The van der Waals surface area contributed by atoms with Gasteiger partial charge in [0, 0.05) is 19.3 Å². The number of aromatic nitrogens is 2. The largest absolute Gasteiger partial charge is 0.388 e. The van der Waals surface area contributed by atoms with Crippen LogP contribution in [-0.2, 0) is 11.3 Å². The molecule has 1 fully saturated rings. The third kappa shape index (κ3) is 8.53. The summed E-state index contributed by atoms with van der Waals surface area (Å²) in [6.45, 7) is 8.94. The van der Waals surface area contributed by atoms with Crippen LogP contribution in [0.3, 0.4) is 0 Å². The first-order valence-corrected chi connectivity index (χ1v) is 13.4. The van der Waals surface area contributed by atoms with Crippen LogP contribution in [0.1, 0.15) is 57.2 Å². The number of hydrazine groups is 1. The molecule has 2 aromatic rings. The molecule has 0 bridgehead atoms. The first kappa shape index (κ1) is 32.3. The predicted molar refractivity (Wildman–Crippen MR) is 160 cm³/mol. The van der Waals surface area contributed by atoms with Gasteiger partial charge in [-0.3, -0.25) is 4.79 Å². The minimum Gasteiger partial charge on any atom is -0.388 e. The quantitative estimate of drug-likeness (QED) is 0.0931. The van der Waals surface area contributed by atoms with E-state index in [1.54, 1.807) is 4.90 Å². The summed E-state index contributed by atoms with van der Waals surface area (Å²) in [6, 6.07) is 9.56. The van der Waals surface area contributed by atoms with Crippen LogP contribution in [0.25, 0.3) is 5.57 Å². The zero-order valence-electron chi connectivity index (χ0n) is 24.0. The smallest absolute Gasteiger partial charge is 0.246 e. The summed E-state index contributed by atoms with van der Waals surface area (Å²) in [5.41, 5.74) is 6.66. The highest BCUT2D eigenvalue weighted by molar-refractivity contribution is 5.79. The lowest BCUT2D eigenvalue weighted by Gasteiger charge is -2.38. The lowest BCUT2D eigenvalue weighted by molar-refractivity contribution is -0.138. The summed E-state index contributed by atoms with van der Waals surface area (Å²) in [5.74, 6) is 6.14. The van der Waals surface area contributed by atoms with Gasteiger partial charge in [-0.05, 0) is 43.9 Å². The molecule has 1 saturated heterocycles. The van der Waals surface area contributed by atoms with Gasteiger partial charge in [-0.15, -0.1) is 12.8 Å². The van der Waals surface area contributed by atoms with E-state index in [4.69, 9.17) is 16.6 Å². The number of rotatable bonds is 12. The van der Waals surface area contributed by atoms with Crippen LogP contribution in [0, 0.1) is 18.8 Å². The number of carbonyl (C=O) groups is 1. The monoisotopic (exact) mass is 550 g/mol. The summed E-state index contributed by atoms with van der Waals surface area (Å²) >= 11 is 0. The molecular formula is C30H43FN8O. The van der Waals surface area contributed by atoms with Crippen LogP contribution in [0.15, 0.2) is 59.9 Å². The molecule has 1 aliphatic heterocycles. The molecule has 40 heavy (non-hydrogen) atoms. The first-order chi connectivity index (χ1) is 19.2. The molecule has 3 rings (SSSR count). The summed E-state index contributed by atoms with van der Waals surface area (Å²) in [5, 5.41) is 7.84. The second-order valence-electron chi connectivity index (χ2n) is 9.99. The molecule has 2 atom stereocenters. The van der Waals surface area contributed by atoms with Gasteiger partial charge in [0.1, 0.15) is 24.4 Å². The predicted octanol–water partition coefficient (Wildman–Crippen LogP) is 3.47. The Bertz CT molecular complexity index is 1180. The average molecular weight is 551 g/mol. The fraction of sp³-hybridized carbons (Fsp3) is 0.433. The Morgan fingerprint density at radius 1 is 1.30 bits per heavy atom. The lowest BCUT2D eigenvalue weighted by Crippen LogP contribution is -2.51. The number of alkyl halides is 1. The van der Waals surface area contributed by atoms with E-state index in [0.717, 1.165) is 28.3 Å². The molecule has 1 aromatic carbocycles. The fourth-order valence-electron chi connectivity index (χ4n) is 4.87. The molecule has 1 aliphatic rings. The maximum atomic E-state index is 15.9. The number of hydrazone groups is 1. The number of halogens is 1. The Morgan fingerprint density at radius 2 is 2.00 bits per heavy atom. The normalized spacial score (nSPS) is 18.2. The molecule has 0 radical (unpaired) electrons. The summed E-state index contributed by atoms with van der Waals surface area (Å²) in [7, 11) is 0. The van der Waals surface area contributed by atoms with Crippen molar-refractivity contribution in [3.63, 3.8) is 0 Å². The SMILES string of the molecule is C#C.C/C=C\C(=C/C)c1cn(Cc2ccccc2)c([C@@H](C(C)C)N(C[C@]2(F)CCNC2)C(=O)CN(N)/N=C\N)n1.